The van der Waals surface area contributed by atoms with E-state index < -0.39 is 24.5 Å². The van der Waals surface area contributed by atoms with Gasteiger partial charge in [-0.2, -0.15) is 0 Å². The maximum Gasteiger partial charge on any atom is 0.329 e. The highest BCUT2D eigenvalue weighted by Gasteiger charge is 2.51. The first-order chi connectivity index (χ1) is 11.7. The smallest absolute Gasteiger partial charge is 0.329 e. The van der Waals surface area contributed by atoms with E-state index in [4.69, 9.17) is 4.74 Å². The molecule has 3 unspecified atom stereocenters. The predicted molar refractivity (Wildman–Crippen MR) is 90.2 cm³/mol. The Hall–Kier alpha value is -1.92. The maximum atomic E-state index is 12.5. The minimum absolute atomic E-state index is 0.0338. The zero-order valence-corrected chi connectivity index (χ0v) is 15.4. The van der Waals surface area contributed by atoms with Crippen LogP contribution in [0.25, 0.3) is 0 Å². The van der Waals surface area contributed by atoms with Gasteiger partial charge in [0.25, 0.3) is 5.91 Å². The number of hydrogen-bond donors (Lipinski definition) is 1. The number of carbonyl (C=O) groups is 4. The number of carbonyl (C=O) groups excluding carboxylic acids is 4. The van der Waals surface area contributed by atoms with Gasteiger partial charge < -0.3 is 10.1 Å². The van der Waals surface area contributed by atoms with Gasteiger partial charge in [0.1, 0.15) is 6.04 Å². The number of ether oxygens (including phenoxy) is 1. The van der Waals surface area contributed by atoms with Crippen LogP contribution in [0.3, 0.4) is 0 Å². The summed E-state index contributed by atoms with van der Waals surface area (Å²) in [5.74, 6) is -2.02. The van der Waals surface area contributed by atoms with Crippen molar-refractivity contribution in [1.82, 2.24) is 10.2 Å². The highest BCUT2D eigenvalue weighted by molar-refractivity contribution is 6.07. The van der Waals surface area contributed by atoms with Crippen LogP contribution in [-0.4, -0.2) is 47.3 Å². The summed E-state index contributed by atoms with van der Waals surface area (Å²) in [4.78, 5) is 50.0. The van der Waals surface area contributed by atoms with Gasteiger partial charge >= 0.3 is 5.97 Å². The molecule has 0 radical (unpaired) electrons. The second-order valence-electron chi connectivity index (χ2n) is 7.43. The third kappa shape index (κ3) is 4.19. The Morgan fingerprint density at radius 3 is 2.08 bits per heavy atom. The Kier molecular flexibility index (Phi) is 6.19. The number of fused-ring (bicyclic) bond motifs is 1. The normalized spacial score (nSPS) is 25.6. The standard InChI is InChI=1S/C18H28N2O5/c1-10(2)11(3)19-15(21)9-25-18(24)12(4)20-16(22)13-7-5-6-8-14(13)17(20)23/h10-14H,5-9H2,1-4H3,(H,19,21)/t11?,12-,13?,14?/m0/s1. The van der Waals surface area contributed by atoms with E-state index in [0.717, 1.165) is 17.7 Å². The van der Waals surface area contributed by atoms with Crippen molar-refractivity contribution >= 4 is 23.7 Å². The molecule has 1 aliphatic heterocycles. The van der Waals surface area contributed by atoms with Crippen LogP contribution in [0, 0.1) is 17.8 Å². The number of nitrogens with one attached hydrogen (secondary N) is 1. The molecule has 1 saturated heterocycles. The molecule has 7 heteroatoms. The molecule has 0 aromatic heterocycles. The minimum Gasteiger partial charge on any atom is -0.454 e. The largest absolute Gasteiger partial charge is 0.454 e. The number of hydrogen-bond acceptors (Lipinski definition) is 5. The van der Waals surface area contributed by atoms with Crippen LogP contribution in [0.4, 0.5) is 0 Å². The summed E-state index contributed by atoms with van der Waals surface area (Å²) < 4.78 is 5.01. The first-order valence-electron chi connectivity index (χ1n) is 9.07. The van der Waals surface area contributed by atoms with E-state index in [1.165, 1.54) is 6.92 Å². The van der Waals surface area contributed by atoms with E-state index in [-0.39, 0.29) is 35.6 Å². The Bertz CT molecular complexity index is 536. The Morgan fingerprint density at radius 1 is 1.08 bits per heavy atom. The van der Waals surface area contributed by atoms with Crippen LogP contribution in [0.2, 0.25) is 0 Å². The van der Waals surface area contributed by atoms with Gasteiger partial charge in [-0.1, -0.05) is 26.7 Å². The van der Waals surface area contributed by atoms with Crippen molar-refractivity contribution in [2.45, 2.75) is 65.5 Å². The fourth-order valence-corrected chi connectivity index (χ4v) is 3.39. The molecule has 25 heavy (non-hydrogen) atoms. The Balaban J connectivity index is 1.90. The second-order valence-corrected chi connectivity index (χ2v) is 7.43. The van der Waals surface area contributed by atoms with Crippen LogP contribution in [0.1, 0.15) is 53.4 Å². The first kappa shape index (κ1) is 19.4. The van der Waals surface area contributed by atoms with Crippen LogP contribution in [0.15, 0.2) is 0 Å². The lowest BCUT2D eigenvalue weighted by Crippen LogP contribution is -2.45. The van der Waals surface area contributed by atoms with Crippen molar-refractivity contribution < 1.29 is 23.9 Å². The summed E-state index contributed by atoms with van der Waals surface area (Å²) >= 11 is 0. The van der Waals surface area contributed by atoms with Gasteiger partial charge in [0.15, 0.2) is 6.61 Å². The topological polar surface area (TPSA) is 92.8 Å². The van der Waals surface area contributed by atoms with Crippen molar-refractivity contribution in [3.05, 3.63) is 0 Å². The number of esters is 1. The Morgan fingerprint density at radius 2 is 1.60 bits per heavy atom. The molecule has 3 amide bonds. The van der Waals surface area contributed by atoms with Crippen LogP contribution in [0.5, 0.6) is 0 Å². The quantitative estimate of drug-likeness (QED) is 0.574. The molecule has 1 saturated carbocycles. The SMILES string of the molecule is CC(C)C(C)NC(=O)COC(=O)[C@H](C)N1C(=O)C2CCCCC2C1=O. The number of nitrogens with zero attached hydrogens (tertiary/aromatic N) is 1. The number of amides is 3. The minimum atomic E-state index is -0.999. The van der Waals surface area contributed by atoms with Gasteiger partial charge in [-0.05, 0) is 32.6 Å². The van der Waals surface area contributed by atoms with Crippen LogP contribution < -0.4 is 5.32 Å². The zero-order chi connectivity index (χ0) is 18.7. The monoisotopic (exact) mass is 352 g/mol. The molecule has 0 bridgehead atoms. The summed E-state index contributed by atoms with van der Waals surface area (Å²) in [5.41, 5.74) is 0. The summed E-state index contributed by atoms with van der Waals surface area (Å²) in [7, 11) is 0. The van der Waals surface area contributed by atoms with Crippen LogP contribution in [-0.2, 0) is 23.9 Å². The fraction of sp³-hybridized carbons (Fsp3) is 0.778. The average molecular weight is 352 g/mol. The van der Waals surface area contributed by atoms with Gasteiger partial charge in [-0.25, -0.2) is 4.79 Å². The lowest BCUT2D eigenvalue weighted by molar-refractivity contribution is -0.159. The van der Waals surface area contributed by atoms with Gasteiger partial charge in [0, 0.05) is 6.04 Å². The van der Waals surface area contributed by atoms with E-state index >= 15 is 0 Å². The molecule has 0 spiro atoms. The molecular weight excluding hydrogens is 324 g/mol. The highest BCUT2D eigenvalue weighted by Crippen LogP contribution is 2.38. The van der Waals surface area contributed by atoms with Crippen LogP contribution >= 0.6 is 0 Å². The van der Waals surface area contributed by atoms with E-state index in [9.17, 15) is 19.2 Å². The summed E-state index contributed by atoms with van der Waals surface area (Å²) in [6, 6.07) is -1.03. The third-order valence-electron chi connectivity index (χ3n) is 5.34. The molecule has 0 aromatic carbocycles. The molecule has 2 aliphatic rings. The van der Waals surface area contributed by atoms with Gasteiger partial charge in [-0.3, -0.25) is 19.3 Å². The van der Waals surface area contributed by atoms with Gasteiger partial charge in [0.2, 0.25) is 11.8 Å². The van der Waals surface area contributed by atoms with Crippen molar-refractivity contribution in [1.29, 1.82) is 0 Å². The number of likely N-dealkylation sites (tertiary alicyclic amines) is 1. The fourth-order valence-electron chi connectivity index (χ4n) is 3.39. The highest BCUT2D eigenvalue weighted by atomic mass is 16.5. The molecule has 1 heterocycles. The number of imide groups is 1. The predicted octanol–water partition coefficient (Wildman–Crippen LogP) is 1.25. The van der Waals surface area contributed by atoms with Crippen molar-refractivity contribution in [2.75, 3.05) is 6.61 Å². The average Bonchev–Trinajstić information content (AvgIpc) is 2.83. The lowest BCUT2D eigenvalue weighted by atomic mass is 9.81. The number of rotatable bonds is 6. The van der Waals surface area contributed by atoms with Crippen molar-refractivity contribution in [3.63, 3.8) is 0 Å². The van der Waals surface area contributed by atoms with Gasteiger partial charge in [0.05, 0.1) is 11.8 Å². The second kappa shape index (κ2) is 7.97. The zero-order valence-electron chi connectivity index (χ0n) is 15.4. The maximum absolute atomic E-state index is 12.5. The third-order valence-corrected chi connectivity index (χ3v) is 5.34. The van der Waals surface area contributed by atoms with E-state index in [1.54, 1.807) is 0 Å². The molecular formula is C18H28N2O5. The van der Waals surface area contributed by atoms with E-state index in [2.05, 4.69) is 5.32 Å². The summed E-state index contributed by atoms with van der Waals surface area (Å²) in [6.45, 7) is 6.88. The molecule has 0 aromatic rings. The van der Waals surface area contributed by atoms with E-state index in [0.29, 0.717) is 12.8 Å². The molecule has 7 nitrogen and oxygen atoms in total. The molecule has 1 N–H and O–H groups in total. The Labute approximate surface area is 148 Å². The van der Waals surface area contributed by atoms with Crippen molar-refractivity contribution in [2.24, 2.45) is 17.8 Å². The van der Waals surface area contributed by atoms with Crippen molar-refractivity contribution in [3.8, 4) is 0 Å². The van der Waals surface area contributed by atoms with Gasteiger partial charge in [-0.15, -0.1) is 0 Å². The molecule has 4 atom stereocenters. The molecule has 1 aliphatic carbocycles. The molecule has 2 rings (SSSR count). The lowest BCUT2D eigenvalue weighted by Gasteiger charge is -2.22. The van der Waals surface area contributed by atoms with E-state index in [1.807, 2.05) is 20.8 Å². The summed E-state index contributed by atoms with van der Waals surface area (Å²) in [5, 5.41) is 2.74. The molecule has 2 fully saturated rings. The summed E-state index contributed by atoms with van der Waals surface area (Å²) in [6.07, 6.45) is 3.26. The first-order valence-corrected chi connectivity index (χ1v) is 9.07. The molecule has 140 valence electrons.